The van der Waals surface area contributed by atoms with E-state index in [2.05, 4.69) is 0 Å². The van der Waals surface area contributed by atoms with Gasteiger partial charge < -0.3 is 4.74 Å². The second kappa shape index (κ2) is 8.66. The third-order valence-electron chi connectivity index (χ3n) is 3.16. The van der Waals surface area contributed by atoms with Crippen molar-refractivity contribution in [2.45, 2.75) is 13.0 Å². The molecule has 2 aromatic rings. The van der Waals surface area contributed by atoms with Gasteiger partial charge in [-0.25, -0.2) is 0 Å². The normalized spacial score (nSPS) is 10.3. The van der Waals surface area contributed by atoms with Gasteiger partial charge in [-0.1, -0.05) is 48.0 Å². The predicted molar refractivity (Wildman–Crippen MR) is 91.1 cm³/mol. The van der Waals surface area contributed by atoms with Crippen molar-refractivity contribution in [3.63, 3.8) is 0 Å². The lowest BCUT2D eigenvalue weighted by atomic mass is 10.1. The lowest BCUT2D eigenvalue weighted by molar-refractivity contribution is -0.146. The zero-order chi connectivity index (χ0) is 17.4. The average molecular weight is 340 g/mol. The van der Waals surface area contributed by atoms with Crippen LogP contribution in [-0.2, 0) is 20.9 Å². The van der Waals surface area contributed by atoms with Crippen LogP contribution in [0.1, 0.15) is 23.1 Å². The number of halogens is 1. The molecule has 2 rings (SSSR count). The number of ketones is 1. The number of hydrogen-bond acceptors (Lipinski definition) is 4. The summed E-state index contributed by atoms with van der Waals surface area (Å²) in [6, 6.07) is 15.8. The molecule has 4 nitrogen and oxygen atoms in total. The van der Waals surface area contributed by atoms with Crippen molar-refractivity contribution < 1.29 is 14.3 Å². The van der Waals surface area contributed by atoms with Gasteiger partial charge in [-0.05, 0) is 35.4 Å². The monoisotopic (exact) mass is 339 g/mol. The molecule has 0 aliphatic rings. The van der Waals surface area contributed by atoms with Crippen LogP contribution < -0.4 is 0 Å². The van der Waals surface area contributed by atoms with Crippen molar-refractivity contribution in [1.29, 1.82) is 5.26 Å². The smallest absolute Gasteiger partial charge is 0.314 e. The molecule has 120 valence electrons. The van der Waals surface area contributed by atoms with Crippen molar-refractivity contribution in [2.24, 2.45) is 0 Å². The molecule has 0 fully saturated rings. The van der Waals surface area contributed by atoms with Crippen molar-refractivity contribution in [3.05, 3.63) is 76.3 Å². The van der Waals surface area contributed by atoms with Crippen LogP contribution in [0.15, 0.2) is 54.6 Å². The van der Waals surface area contributed by atoms with Crippen LogP contribution in [0.2, 0.25) is 5.02 Å². The minimum Gasteiger partial charge on any atom is -0.460 e. The summed E-state index contributed by atoms with van der Waals surface area (Å²) < 4.78 is 5.05. The molecular formula is C19H14ClNO3. The SMILES string of the molecule is N#Cc1ccccc1C=CC(=O)CC(=O)OCc1ccc(Cl)cc1. The summed E-state index contributed by atoms with van der Waals surface area (Å²) in [5.74, 6) is -0.989. The number of esters is 1. The summed E-state index contributed by atoms with van der Waals surface area (Å²) in [7, 11) is 0. The summed E-state index contributed by atoms with van der Waals surface area (Å²) in [6.45, 7) is 0.0876. The standard InChI is InChI=1S/C19H14ClNO3/c20-17-8-5-14(6-9-17)13-24-19(23)11-18(22)10-7-15-3-1-2-4-16(15)12-21/h1-10H,11,13H2. The Morgan fingerprint density at radius 3 is 2.54 bits per heavy atom. The maximum Gasteiger partial charge on any atom is 0.314 e. The third kappa shape index (κ3) is 5.38. The van der Waals surface area contributed by atoms with Crippen LogP contribution in [0.5, 0.6) is 0 Å². The van der Waals surface area contributed by atoms with Crippen LogP contribution in [-0.4, -0.2) is 11.8 Å². The summed E-state index contributed by atoms with van der Waals surface area (Å²) in [4.78, 5) is 23.5. The Kier molecular flexibility index (Phi) is 6.30. The highest BCUT2D eigenvalue weighted by Crippen LogP contribution is 2.11. The number of benzene rings is 2. The maximum atomic E-state index is 11.8. The minimum atomic E-state index is -0.604. The topological polar surface area (TPSA) is 67.2 Å². The van der Waals surface area contributed by atoms with Crippen molar-refractivity contribution >= 4 is 29.4 Å². The van der Waals surface area contributed by atoms with Crippen LogP contribution >= 0.6 is 11.6 Å². The van der Waals surface area contributed by atoms with Gasteiger partial charge in [0.15, 0.2) is 5.78 Å². The first kappa shape index (κ1) is 17.5. The predicted octanol–water partition coefficient (Wildman–Crippen LogP) is 3.93. The molecule has 0 unspecified atom stereocenters. The number of hydrogen-bond donors (Lipinski definition) is 0. The number of carbonyl (C=O) groups is 2. The van der Waals surface area contributed by atoms with Gasteiger partial charge in [-0.15, -0.1) is 0 Å². The number of allylic oxidation sites excluding steroid dienone is 1. The lowest BCUT2D eigenvalue weighted by Crippen LogP contribution is -2.09. The summed E-state index contributed by atoms with van der Waals surface area (Å²) in [5.41, 5.74) is 1.88. The molecule has 0 aliphatic heterocycles. The molecule has 0 N–H and O–H groups in total. The Balaban J connectivity index is 1.85. The zero-order valence-corrected chi connectivity index (χ0v) is 13.5. The summed E-state index contributed by atoms with van der Waals surface area (Å²) in [5, 5.41) is 9.57. The highest BCUT2D eigenvalue weighted by Gasteiger charge is 2.09. The molecule has 0 saturated heterocycles. The summed E-state index contributed by atoms with van der Waals surface area (Å²) >= 11 is 5.77. The first-order valence-corrected chi connectivity index (χ1v) is 7.56. The van der Waals surface area contributed by atoms with E-state index in [1.165, 1.54) is 12.2 Å². The van der Waals surface area contributed by atoms with E-state index in [1.807, 2.05) is 6.07 Å². The van der Waals surface area contributed by atoms with Gasteiger partial charge in [0.05, 0.1) is 11.6 Å². The van der Waals surface area contributed by atoms with Crippen LogP contribution in [0.3, 0.4) is 0 Å². The molecule has 0 saturated carbocycles. The zero-order valence-electron chi connectivity index (χ0n) is 12.7. The van der Waals surface area contributed by atoms with Crippen LogP contribution in [0.4, 0.5) is 0 Å². The molecule has 0 atom stereocenters. The van der Waals surface area contributed by atoms with E-state index in [0.29, 0.717) is 16.1 Å². The summed E-state index contributed by atoms with van der Waals surface area (Å²) in [6.07, 6.45) is 2.45. The van der Waals surface area contributed by atoms with Gasteiger partial charge in [0, 0.05) is 5.02 Å². The maximum absolute atomic E-state index is 11.8. The van der Waals surface area contributed by atoms with E-state index in [-0.39, 0.29) is 18.8 Å². The van der Waals surface area contributed by atoms with Gasteiger partial charge in [-0.3, -0.25) is 9.59 Å². The molecule has 0 aromatic heterocycles. The lowest BCUT2D eigenvalue weighted by Gasteiger charge is -2.03. The molecule has 5 heteroatoms. The largest absolute Gasteiger partial charge is 0.460 e. The highest BCUT2D eigenvalue weighted by atomic mass is 35.5. The molecular weight excluding hydrogens is 326 g/mol. The number of carbonyl (C=O) groups excluding carboxylic acids is 2. The van der Waals surface area contributed by atoms with Gasteiger partial charge in [0.1, 0.15) is 13.0 Å². The average Bonchev–Trinajstić information content (AvgIpc) is 2.59. The molecule has 0 aliphatic carbocycles. The van der Waals surface area contributed by atoms with Crippen LogP contribution in [0, 0.1) is 11.3 Å². The van der Waals surface area contributed by atoms with E-state index in [0.717, 1.165) is 5.56 Å². The number of ether oxygens (including phenoxy) is 1. The van der Waals surface area contributed by atoms with Crippen LogP contribution in [0.25, 0.3) is 6.08 Å². The molecule has 0 heterocycles. The molecule has 0 amide bonds. The fraction of sp³-hybridized carbons (Fsp3) is 0.105. The Bertz CT molecular complexity index is 804. The number of nitrogens with zero attached hydrogens (tertiary/aromatic N) is 1. The molecule has 0 bridgehead atoms. The third-order valence-corrected chi connectivity index (χ3v) is 3.41. The fourth-order valence-electron chi connectivity index (χ4n) is 1.92. The Morgan fingerprint density at radius 2 is 1.83 bits per heavy atom. The quantitative estimate of drug-likeness (QED) is 0.454. The van der Waals surface area contributed by atoms with E-state index in [1.54, 1.807) is 48.5 Å². The Labute approximate surface area is 144 Å². The van der Waals surface area contributed by atoms with Crippen molar-refractivity contribution in [2.75, 3.05) is 0 Å². The molecule has 0 spiro atoms. The molecule has 2 aromatic carbocycles. The fourth-order valence-corrected chi connectivity index (χ4v) is 2.05. The van der Waals surface area contributed by atoms with E-state index < -0.39 is 5.97 Å². The molecule has 0 radical (unpaired) electrons. The van der Waals surface area contributed by atoms with Gasteiger partial charge in [0.2, 0.25) is 0 Å². The molecule has 24 heavy (non-hydrogen) atoms. The van der Waals surface area contributed by atoms with Gasteiger partial charge >= 0.3 is 5.97 Å². The Morgan fingerprint density at radius 1 is 1.12 bits per heavy atom. The van der Waals surface area contributed by atoms with Crippen molar-refractivity contribution in [3.8, 4) is 6.07 Å². The highest BCUT2D eigenvalue weighted by molar-refractivity contribution is 6.30. The second-order valence-corrected chi connectivity index (χ2v) is 5.40. The van der Waals surface area contributed by atoms with E-state index >= 15 is 0 Å². The first-order valence-electron chi connectivity index (χ1n) is 7.18. The van der Waals surface area contributed by atoms with Gasteiger partial charge in [0.25, 0.3) is 0 Å². The second-order valence-electron chi connectivity index (χ2n) is 4.96. The minimum absolute atomic E-state index is 0.0876. The first-order chi connectivity index (χ1) is 11.6. The van der Waals surface area contributed by atoms with E-state index in [9.17, 15) is 9.59 Å². The van der Waals surface area contributed by atoms with E-state index in [4.69, 9.17) is 21.6 Å². The Hall–Kier alpha value is -2.90. The number of nitriles is 1. The number of rotatable bonds is 6. The van der Waals surface area contributed by atoms with Crippen molar-refractivity contribution in [1.82, 2.24) is 0 Å². The van der Waals surface area contributed by atoms with Gasteiger partial charge in [-0.2, -0.15) is 5.26 Å².